The van der Waals surface area contributed by atoms with Gasteiger partial charge in [-0.15, -0.1) is 5.10 Å². The first-order valence-corrected chi connectivity index (χ1v) is 9.51. The van der Waals surface area contributed by atoms with E-state index in [0.29, 0.717) is 6.61 Å². The van der Waals surface area contributed by atoms with Gasteiger partial charge in [-0.2, -0.15) is 0 Å². The minimum atomic E-state index is -0.0856. The summed E-state index contributed by atoms with van der Waals surface area (Å²) in [6.45, 7) is 3.17. The van der Waals surface area contributed by atoms with Crippen molar-refractivity contribution in [1.29, 1.82) is 0 Å². The molecular formula is C22H21N5O. The minimum absolute atomic E-state index is 0.0856. The van der Waals surface area contributed by atoms with E-state index in [1.807, 2.05) is 47.2 Å². The Morgan fingerprint density at radius 3 is 2.71 bits per heavy atom. The summed E-state index contributed by atoms with van der Waals surface area (Å²) < 4.78 is 7.88. The molecule has 0 aliphatic carbocycles. The highest BCUT2D eigenvalue weighted by Gasteiger charge is 2.26. The predicted molar refractivity (Wildman–Crippen MR) is 107 cm³/mol. The maximum absolute atomic E-state index is 6.04. The zero-order chi connectivity index (χ0) is 18.8. The molecule has 6 heteroatoms. The average molecular weight is 371 g/mol. The van der Waals surface area contributed by atoms with Gasteiger partial charge in [0.1, 0.15) is 11.8 Å². The van der Waals surface area contributed by atoms with Crippen LogP contribution in [0.4, 0.5) is 0 Å². The van der Waals surface area contributed by atoms with Gasteiger partial charge >= 0.3 is 0 Å². The van der Waals surface area contributed by atoms with E-state index in [2.05, 4.69) is 50.5 Å². The Morgan fingerprint density at radius 2 is 1.86 bits per heavy atom. The van der Waals surface area contributed by atoms with E-state index in [9.17, 15) is 0 Å². The van der Waals surface area contributed by atoms with Crippen LogP contribution >= 0.6 is 0 Å². The molecule has 140 valence electrons. The fraction of sp³-hybridized carbons (Fsp3) is 0.227. The van der Waals surface area contributed by atoms with Gasteiger partial charge in [0, 0.05) is 37.6 Å². The summed E-state index contributed by atoms with van der Waals surface area (Å²) in [5, 5.41) is 8.79. The van der Waals surface area contributed by atoms with Crippen molar-refractivity contribution in [2.45, 2.75) is 12.6 Å². The predicted octanol–water partition coefficient (Wildman–Crippen LogP) is 3.36. The summed E-state index contributed by atoms with van der Waals surface area (Å²) in [5.74, 6) is 0. The van der Waals surface area contributed by atoms with Crippen molar-refractivity contribution in [3.05, 3.63) is 84.4 Å². The number of nitrogens with zero attached hydrogens (tertiary/aromatic N) is 5. The third kappa shape index (κ3) is 3.40. The molecule has 1 aliphatic heterocycles. The van der Waals surface area contributed by atoms with Crippen LogP contribution in [0, 0.1) is 0 Å². The van der Waals surface area contributed by atoms with Gasteiger partial charge in [-0.3, -0.25) is 9.88 Å². The smallest absolute Gasteiger partial charge is 0.121 e. The second kappa shape index (κ2) is 7.50. The van der Waals surface area contributed by atoms with E-state index in [4.69, 9.17) is 4.74 Å². The fourth-order valence-corrected chi connectivity index (χ4v) is 3.68. The minimum Gasteiger partial charge on any atom is -0.369 e. The van der Waals surface area contributed by atoms with Crippen LogP contribution in [-0.4, -0.2) is 44.4 Å². The largest absolute Gasteiger partial charge is 0.369 e. The lowest BCUT2D eigenvalue weighted by Gasteiger charge is -2.31. The summed E-state index contributed by atoms with van der Waals surface area (Å²) in [6, 6.07) is 20.5. The molecule has 5 rings (SSSR count). The molecule has 1 fully saturated rings. The molecule has 0 amide bonds. The van der Waals surface area contributed by atoms with Gasteiger partial charge in [0.2, 0.25) is 0 Å². The Hall–Kier alpha value is -3.09. The molecule has 0 radical (unpaired) electrons. The first kappa shape index (κ1) is 17.0. The molecule has 28 heavy (non-hydrogen) atoms. The van der Waals surface area contributed by atoms with Crippen molar-refractivity contribution in [1.82, 2.24) is 24.7 Å². The number of hydrogen-bond donors (Lipinski definition) is 0. The van der Waals surface area contributed by atoms with Crippen LogP contribution in [0.25, 0.3) is 16.6 Å². The molecular weight excluding hydrogens is 350 g/mol. The van der Waals surface area contributed by atoms with Crippen molar-refractivity contribution >= 4 is 5.52 Å². The number of morpholine rings is 1. The van der Waals surface area contributed by atoms with Crippen LogP contribution in [0.2, 0.25) is 0 Å². The number of ether oxygens (including phenoxy) is 1. The number of fused-ring (bicyclic) bond motifs is 1. The maximum Gasteiger partial charge on any atom is 0.121 e. The van der Waals surface area contributed by atoms with Crippen molar-refractivity contribution in [2.75, 3.05) is 19.7 Å². The van der Waals surface area contributed by atoms with Crippen LogP contribution in [0.3, 0.4) is 0 Å². The highest BCUT2D eigenvalue weighted by Crippen LogP contribution is 2.27. The summed E-state index contributed by atoms with van der Waals surface area (Å²) in [6.07, 6.45) is 3.78. The summed E-state index contributed by atoms with van der Waals surface area (Å²) in [7, 11) is 0. The third-order valence-electron chi connectivity index (χ3n) is 5.11. The zero-order valence-electron chi connectivity index (χ0n) is 15.5. The number of aromatic nitrogens is 4. The monoisotopic (exact) mass is 371 g/mol. The Morgan fingerprint density at radius 1 is 0.964 bits per heavy atom. The molecule has 6 nitrogen and oxygen atoms in total. The third-order valence-corrected chi connectivity index (χ3v) is 5.11. The molecule has 1 aliphatic rings. The van der Waals surface area contributed by atoms with E-state index in [1.165, 1.54) is 0 Å². The first-order valence-electron chi connectivity index (χ1n) is 9.51. The Kier molecular flexibility index (Phi) is 4.56. The van der Waals surface area contributed by atoms with E-state index in [1.54, 1.807) is 0 Å². The highest BCUT2D eigenvalue weighted by atomic mass is 16.5. The zero-order valence-corrected chi connectivity index (χ0v) is 15.5. The molecule has 1 atom stereocenters. The van der Waals surface area contributed by atoms with Gasteiger partial charge in [0.25, 0.3) is 0 Å². The lowest BCUT2D eigenvalue weighted by atomic mass is 10.1. The summed E-state index contributed by atoms with van der Waals surface area (Å²) in [4.78, 5) is 6.80. The van der Waals surface area contributed by atoms with Gasteiger partial charge in [-0.25, -0.2) is 4.52 Å². The lowest BCUT2D eigenvalue weighted by Crippen LogP contribution is -2.38. The lowest BCUT2D eigenvalue weighted by molar-refractivity contribution is -0.0346. The van der Waals surface area contributed by atoms with Crippen molar-refractivity contribution in [3.63, 3.8) is 0 Å². The molecule has 0 bridgehead atoms. The number of benzene rings is 1. The molecule has 1 saturated heterocycles. The van der Waals surface area contributed by atoms with Crippen LogP contribution in [0.5, 0.6) is 0 Å². The van der Waals surface area contributed by atoms with Crippen LogP contribution in [-0.2, 0) is 11.3 Å². The maximum atomic E-state index is 6.04. The second-order valence-electron chi connectivity index (χ2n) is 7.00. The van der Waals surface area contributed by atoms with E-state index >= 15 is 0 Å². The van der Waals surface area contributed by atoms with Gasteiger partial charge < -0.3 is 4.74 Å². The van der Waals surface area contributed by atoms with Gasteiger partial charge in [-0.05, 0) is 23.8 Å². The van der Waals surface area contributed by atoms with E-state index in [0.717, 1.165) is 47.7 Å². The summed E-state index contributed by atoms with van der Waals surface area (Å²) in [5.41, 5.74) is 5.24. The number of pyridine rings is 2. The van der Waals surface area contributed by atoms with Gasteiger partial charge in [0.05, 0.1) is 17.8 Å². The van der Waals surface area contributed by atoms with Gasteiger partial charge in [0.15, 0.2) is 0 Å². The van der Waals surface area contributed by atoms with Crippen molar-refractivity contribution in [3.8, 4) is 11.1 Å². The molecule has 0 spiro atoms. The number of hydrogen-bond acceptors (Lipinski definition) is 5. The molecule has 4 heterocycles. The van der Waals surface area contributed by atoms with Gasteiger partial charge in [-0.1, -0.05) is 47.7 Å². The van der Waals surface area contributed by atoms with Crippen LogP contribution in [0.15, 0.2) is 73.1 Å². The molecule has 4 aromatic rings. The van der Waals surface area contributed by atoms with Crippen molar-refractivity contribution in [2.24, 2.45) is 0 Å². The topological polar surface area (TPSA) is 55.5 Å². The van der Waals surface area contributed by atoms with Crippen LogP contribution < -0.4 is 0 Å². The Balaban J connectivity index is 1.38. The number of rotatable bonds is 4. The highest BCUT2D eigenvalue weighted by molar-refractivity contribution is 5.66. The van der Waals surface area contributed by atoms with E-state index < -0.39 is 0 Å². The average Bonchev–Trinajstić information content (AvgIpc) is 3.19. The fourth-order valence-electron chi connectivity index (χ4n) is 3.68. The quantitative estimate of drug-likeness (QED) is 0.551. The van der Waals surface area contributed by atoms with Crippen LogP contribution in [0.1, 0.15) is 17.5 Å². The second-order valence-corrected chi connectivity index (χ2v) is 7.00. The molecule has 1 aromatic carbocycles. The van der Waals surface area contributed by atoms with E-state index in [-0.39, 0.29) is 6.10 Å². The SMILES string of the molecule is c1ccc(-c2ccc3c([C@H]4CN(Cc5ccccn5)CCO4)nnn3c2)cc1. The molecule has 3 aromatic heterocycles. The standard InChI is InChI=1S/C22H21N5O/c1-2-6-17(7-3-1)18-9-10-20-22(24-25-27(20)14-18)21-16-26(12-13-28-21)15-19-8-4-5-11-23-19/h1-11,14,21H,12-13,15-16H2/t21-/m1/s1. The first-order chi connectivity index (χ1) is 13.9. The molecule has 0 saturated carbocycles. The molecule has 0 unspecified atom stereocenters. The Bertz CT molecular complexity index is 1060. The molecule has 0 N–H and O–H groups in total. The summed E-state index contributed by atoms with van der Waals surface area (Å²) >= 11 is 0. The van der Waals surface area contributed by atoms with Crippen molar-refractivity contribution < 1.29 is 4.74 Å². The normalized spacial score (nSPS) is 17.8. The Labute approximate surface area is 163 Å².